The molecule has 2 rings (SSSR count). The molecule has 0 amide bonds. The molecule has 2 aromatic rings. The zero-order chi connectivity index (χ0) is 11.4. The molecule has 0 aromatic carbocycles. The third-order valence-corrected chi connectivity index (χ3v) is 2.59. The number of hydrogen-bond donors (Lipinski definition) is 1. The van der Waals surface area contributed by atoms with Crippen molar-refractivity contribution in [3.05, 3.63) is 28.7 Å². The lowest BCUT2D eigenvalue weighted by molar-refractivity contribution is 0.481. The summed E-state index contributed by atoms with van der Waals surface area (Å²) in [5.74, 6) is 0.995. The van der Waals surface area contributed by atoms with E-state index in [2.05, 4.69) is 36.4 Å². The first-order valence-corrected chi connectivity index (χ1v) is 5.74. The van der Waals surface area contributed by atoms with E-state index in [0.717, 1.165) is 11.0 Å². The fourth-order valence-electron chi connectivity index (χ4n) is 1.20. The van der Waals surface area contributed by atoms with Crippen molar-refractivity contribution in [2.75, 3.05) is 6.54 Å². The van der Waals surface area contributed by atoms with Crippen LogP contribution in [0.15, 0.2) is 27.2 Å². The highest BCUT2D eigenvalue weighted by atomic mass is 79.9. The average molecular weight is 283 g/mol. The number of nitrogens with zero attached hydrogens (tertiary/aromatic N) is 3. The van der Waals surface area contributed by atoms with Gasteiger partial charge in [-0.3, -0.25) is 0 Å². The van der Waals surface area contributed by atoms with Gasteiger partial charge in [0, 0.05) is 10.7 Å². The van der Waals surface area contributed by atoms with E-state index in [1.165, 1.54) is 0 Å². The summed E-state index contributed by atoms with van der Waals surface area (Å²) in [6, 6.07) is 3.72. The summed E-state index contributed by atoms with van der Waals surface area (Å²) >= 11 is 3.39. The molecule has 0 saturated heterocycles. The van der Waals surface area contributed by atoms with Crippen LogP contribution in [-0.4, -0.2) is 21.7 Å². The quantitative estimate of drug-likeness (QED) is 0.929. The lowest BCUT2D eigenvalue weighted by atomic mass is 10.3. The molecule has 5 nitrogen and oxygen atoms in total. The number of nitrogens with one attached hydrogen (secondary N) is 1. The summed E-state index contributed by atoms with van der Waals surface area (Å²) in [4.78, 5) is 4.18. The van der Waals surface area contributed by atoms with Crippen LogP contribution in [0.4, 0.5) is 0 Å². The third kappa shape index (κ3) is 2.45. The van der Waals surface area contributed by atoms with Gasteiger partial charge < -0.3 is 9.73 Å². The van der Waals surface area contributed by atoms with Gasteiger partial charge in [-0.15, -0.1) is 10.2 Å². The minimum atomic E-state index is 0.431. The maximum atomic E-state index is 5.48. The van der Waals surface area contributed by atoms with Gasteiger partial charge in [0.05, 0.1) is 6.54 Å². The molecule has 0 radical (unpaired) electrons. The number of halogens is 1. The van der Waals surface area contributed by atoms with Crippen LogP contribution in [0.3, 0.4) is 0 Å². The van der Waals surface area contributed by atoms with E-state index in [1.807, 2.05) is 19.1 Å². The van der Waals surface area contributed by atoms with Crippen molar-refractivity contribution in [2.45, 2.75) is 13.5 Å². The van der Waals surface area contributed by atoms with E-state index in [0.29, 0.717) is 24.0 Å². The largest absolute Gasteiger partial charge is 0.418 e. The van der Waals surface area contributed by atoms with E-state index in [-0.39, 0.29) is 0 Å². The molecule has 0 atom stereocenters. The fourth-order valence-corrected chi connectivity index (χ4v) is 1.62. The summed E-state index contributed by atoms with van der Waals surface area (Å²) < 4.78 is 6.32. The Morgan fingerprint density at radius 2 is 2.31 bits per heavy atom. The Morgan fingerprint density at radius 1 is 1.44 bits per heavy atom. The van der Waals surface area contributed by atoms with Gasteiger partial charge in [-0.2, -0.15) is 0 Å². The van der Waals surface area contributed by atoms with Gasteiger partial charge in [0.15, 0.2) is 0 Å². The molecule has 0 unspecified atom stereocenters. The first-order chi connectivity index (χ1) is 7.81. The maximum absolute atomic E-state index is 5.48. The van der Waals surface area contributed by atoms with E-state index in [9.17, 15) is 0 Å². The van der Waals surface area contributed by atoms with Gasteiger partial charge in [-0.05, 0) is 34.6 Å². The van der Waals surface area contributed by atoms with E-state index < -0.39 is 0 Å². The number of aromatic nitrogens is 3. The Balaban J connectivity index is 2.22. The van der Waals surface area contributed by atoms with Crippen LogP contribution in [0.25, 0.3) is 11.6 Å². The highest BCUT2D eigenvalue weighted by Gasteiger charge is 2.11. The van der Waals surface area contributed by atoms with Crippen LogP contribution >= 0.6 is 15.9 Å². The van der Waals surface area contributed by atoms with Crippen LogP contribution < -0.4 is 5.32 Å². The standard InChI is InChI=1S/C10H11BrN4O/c1-2-12-6-8-14-15-10(16-8)9-7(11)4-3-5-13-9/h3-5,12H,2,6H2,1H3. The Morgan fingerprint density at radius 3 is 3.06 bits per heavy atom. The third-order valence-electron chi connectivity index (χ3n) is 1.95. The van der Waals surface area contributed by atoms with Crippen molar-refractivity contribution in [2.24, 2.45) is 0 Å². The summed E-state index contributed by atoms with van der Waals surface area (Å²) in [7, 11) is 0. The molecule has 2 aromatic heterocycles. The Labute approximate surface area is 101 Å². The molecule has 84 valence electrons. The van der Waals surface area contributed by atoms with Gasteiger partial charge in [-0.1, -0.05) is 6.92 Å². The SMILES string of the molecule is CCNCc1nnc(-c2ncccc2Br)o1. The second-order valence-corrected chi connectivity index (χ2v) is 3.97. The molecule has 0 aliphatic carbocycles. The first kappa shape index (κ1) is 11.2. The van der Waals surface area contributed by atoms with Crippen molar-refractivity contribution < 1.29 is 4.42 Å². The monoisotopic (exact) mass is 282 g/mol. The van der Waals surface area contributed by atoms with Gasteiger partial charge in [0.25, 0.3) is 5.89 Å². The predicted molar refractivity (Wildman–Crippen MR) is 62.6 cm³/mol. The molecule has 16 heavy (non-hydrogen) atoms. The lowest BCUT2D eigenvalue weighted by Gasteiger charge is -1.96. The van der Waals surface area contributed by atoms with Crippen molar-refractivity contribution >= 4 is 15.9 Å². The summed E-state index contributed by atoms with van der Waals surface area (Å²) in [6.45, 7) is 3.46. The highest BCUT2D eigenvalue weighted by Crippen LogP contribution is 2.23. The van der Waals surface area contributed by atoms with Gasteiger partial charge in [0.2, 0.25) is 5.89 Å². The molecular formula is C10H11BrN4O. The molecule has 2 heterocycles. The molecule has 6 heteroatoms. The molecule has 0 aliphatic rings. The van der Waals surface area contributed by atoms with Crippen LogP contribution in [0, 0.1) is 0 Å². The summed E-state index contributed by atoms with van der Waals surface area (Å²) in [5.41, 5.74) is 0.665. The average Bonchev–Trinajstić information content (AvgIpc) is 2.75. The van der Waals surface area contributed by atoms with Gasteiger partial charge in [-0.25, -0.2) is 4.98 Å². The lowest BCUT2D eigenvalue weighted by Crippen LogP contribution is -2.11. The van der Waals surface area contributed by atoms with Crippen LogP contribution in [0.2, 0.25) is 0 Å². The normalized spacial score (nSPS) is 10.6. The Bertz CT molecular complexity index is 471. The van der Waals surface area contributed by atoms with Crippen LogP contribution in [-0.2, 0) is 6.54 Å². The molecule has 0 aliphatic heterocycles. The zero-order valence-corrected chi connectivity index (χ0v) is 10.4. The van der Waals surface area contributed by atoms with Crippen molar-refractivity contribution in [3.8, 4) is 11.6 Å². The second-order valence-electron chi connectivity index (χ2n) is 3.12. The van der Waals surface area contributed by atoms with E-state index in [4.69, 9.17) is 4.42 Å². The van der Waals surface area contributed by atoms with Crippen LogP contribution in [0.1, 0.15) is 12.8 Å². The van der Waals surface area contributed by atoms with E-state index >= 15 is 0 Å². The first-order valence-electron chi connectivity index (χ1n) is 4.95. The number of pyridine rings is 1. The van der Waals surface area contributed by atoms with Crippen molar-refractivity contribution in [1.82, 2.24) is 20.5 Å². The molecular weight excluding hydrogens is 272 g/mol. The minimum absolute atomic E-state index is 0.431. The van der Waals surface area contributed by atoms with Gasteiger partial charge in [0.1, 0.15) is 5.69 Å². The maximum Gasteiger partial charge on any atom is 0.267 e. The topological polar surface area (TPSA) is 63.8 Å². The highest BCUT2D eigenvalue weighted by molar-refractivity contribution is 9.10. The Hall–Kier alpha value is -1.27. The molecule has 0 saturated carbocycles. The van der Waals surface area contributed by atoms with E-state index in [1.54, 1.807) is 6.20 Å². The molecule has 0 bridgehead atoms. The predicted octanol–water partition coefficient (Wildman–Crippen LogP) is 2.00. The zero-order valence-electron chi connectivity index (χ0n) is 8.77. The van der Waals surface area contributed by atoms with Crippen LogP contribution in [0.5, 0.6) is 0 Å². The molecule has 0 spiro atoms. The number of hydrogen-bond acceptors (Lipinski definition) is 5. The second kappa shape index (κ2) is 5.18. The smallest absolute Gasteiger partial charge is 0.267 e. The molecule has 1 N–H and O–H groups in total. The summed E-state index contributed by atoms with van der Waals surface area (Å²) in [6.07, 6.45) is 1.69. The number of rotatable bonds is 4. The van der Waals surface area contributed by atoms with Crippen molar-refractivity contribution in [3.63, 3.8) is 0 Å². The van der Waals surface area contributed by atoms with Gasteiger partial charge >= 0.3 is 0 Å². The minimum Gasteiger partial charge on any atom is -0.418 e. The fraction of sp³-hybridized carbons (Fsp3) is 0.300. The molecule has 0 fully saturated rings. The Kier molecular flexibility index (Phi) is 3.63. The van der Waals surface area contributed by atoms with Crippen molar-refractivity contribution in [1.29, 1.82) is 0 Å². The summed E-state index contributed by atoms with van der Waals surface area (Å²) in [5, 5.41) is 11.0.